The topological polar surface area (TPSA) is 20.2 Å². The van der Waals surface area contributed by atoms with Crippen LogP contribution < -0.4 is 5.46 Å². The number of aliphatic hydroxyl groups is 1. The van der Waals surface area contributed by atoms with Gasteiger partial charge in [0.2, 0.25) is 0 Å². The van der Waals surface area contributed by atoms with Crippen molar-refractivity contribution in [2.24, 2.45) is 0 Å². The van der Waals surface area contributed by atoms with E-state index in [1.165, 1.54) is 5.46 Å². The fourth-order valence-electron chi connectivity index (χ4n) is 1.95. The van der Waals surface area contributed by atoms with Gasteiger partial charge < -0.3 is 5.11 Å². The van der Waals surface area contributed by atoms with Crippen LogP contribution in [0.5, 0.6) is 0 Å². The summed E-state index contributed by atoms with van der Waals surface area (Å²) in [7, 11) is 2.08. The van der Waals surface area contributed by atoms with Crippen LogP contribution in [-0.4, -0.2) is 12.4 Å². The van der Waals surface area contributed by atoms with Crippen LogP contribution in [-0.2, 0) is 0 Å². The summed E-state index contributed by atoms with van der Waals surface area (Å²) in [5.74, 6) is 0.413. The Morgan fingerprint density at radius 2 is 2.07 bits per heavy atom. The molecule has 0 fully saturated rings. The Morgan fingerprint density at radius 3 is 2.80 bits per heavy atom. The van der Waals surface area contributed by atoms with Crippen molar-refractivity contribution in [2.45, 2.75) is 19.7 Å². The normalized spacial score (nSPS) is 15.5. The molecule has 0 aromatic heterocycles. The van der Waals surface area contributed by atoms with Gasteiger partial charge in [-0.3, -0.25) is 0 Å². The number of allylic oxidation sites excluding steroid dienone is 3. The first-order valence-corrected chi connectivity index (χ1v) is 5.30. The van der Waals surface area contributed by atoms with Gasteiger partial charge in [-0.1, -0.05) is 42.6 Å². The average Bonchev–Trinajstić information content (AvgIpc) is 2.30. The molecule has 1 nitrogen and oxygen atoms in total. The highest BCUT2D eigenvalue weighted by atomic mass is 16.3. The van der Waals surface area contributed by atoms with Crippen molar-refractivity contribution >= 4 is 18.3 Å². The molecule has 75 valence electrons. The van der Waals surface area contributed by atoms with E-state index in [9.17, 15) is 5.11 Å². The molecule has 1 aliphatic rings. The minimum Gasteiger partial charge on any atom is -0.508 e. The summed E-state index contributed by atoms with van der Waals surface area (Å²) in [4.78, 5) is 0. The fraction of sp³-hybridized carbons (Fsp3) is 0.231. The van der Waals surface area contributed by atoms with Crippen LogP contribution in [0.2, 0.25) is 6.82 Å². The first-order valence-electron chi connectivity index (χ1n) is 5.30. The molecule has 1 N–H and O–H groups in total. The smallest absolute Gasteiger partial charge is 0.149 e. The Balaban J connectivity index is 2.48. The largest absolute Gasteiger partial charge is 0.508 e. The molecule has 0 spiro atoms. The quantitative estimate of drug-likeness (QED) is 0.722. The van der Waals surface area contributed by atoms with Gasteiger partial charge in [0.25, 0.3) is 0 Å². The zero-order valence-corrected chi connectivity index (χ0v) is 8.90. The van der Waals surface area contributed by atoms with E-state index in [0.717, 1.165) is 24.0 Å². The summed E-state index contributed by atoms with van der Waals surface area (Å²) in [6.45, 7) is 2.02. The predicted molar refractivity (Wildman–Crippen MR) is 65.6 cm³/mol. The zero-order chi connectivity index (χ0) is 10.7. The maximum absolute atomic E-state index is 9.82. The van der Waals surface area contributed by atoms with E-state index in [1.54, 1.807) is 6.08 Å². The minimum atomic E-state index is 0.413. The molecular weight excluding hydrogens is 183 g/mol. The molecule has 0 heterocycles. The second kappa shape index (κ2) is 4.39. The van der Waals surface area contributed by atoms with Crippen LogP contribution in [0.25, 0.3) is 5.57 Å². The van der Waals surface area contributed by atoms with E-state index in [-0.39, 0.29) is 0 Å². The van der Waals surface area contributed by atoms with Gasteiger partial charge in [-0.25, -0.2) is 0 Å². The van der Waals surface area contributed by atoms with Crippen molar-refractivity contribution in [3.05, 3.63) is 47.7 Å². The molecule has 0 unspecified atom stereocenters. The molecular formula is C13H14BO. The lowest BCUT2D eigenvalue weighted by Gasteiger charge is -2.15. The van der Waals surface area contributed by atoms with Crippen LogP contribution in [0.3, 0.4) is 0 Å². The lowest BCUT2D eigenvalue weighted by atomic mass is 9.69. The van der Waals surface area contributed by atoms with E-state index in [4.69, 9.17) is 0 Å². The van der Waals surface area contributed by atoms with Crippen molar-refractivity contribution in [3.63, 3.8) is 0 Å². The third-order valence-corrected chi connectivity index (χ3v) is 2.74. The highest BCUT2D eigenvalue weighted by Gasteiger charge is 2.12. The minimum absolute atomic E-state index is 0.413. The van der Waals surface area contributed by atoms with E-state index in [2.05, 4.69) is 19.4 Å². The summed E-state index contributed by atoms with van der Waals surface area (Å²) in [6, 6.07) is 8.18. The third kappa shape index (κ3) is 1.99. The summed E-state index contributed by atoms with van der Waals surface area (Å²) in [5, 5.41) is 9.82. The Kier molecular flexibility index (Phi) is 2.95. The number of aliphatic hydroxyl groups excluding tert-OH is 1. The highest BCUT2D eigenvalue weighted by Crippen LogP contribution is 2.25. The van der Waals surface area contributed by atoms with Gasteiger partial charge in [-0.2, -0.15) is 0 Å². The molecule has 1 aromatic carbocycles. The molecule has 0 saturated carbocycles. The Bertz CT molecular complexity index is 418. The summed E-state index contributed by atoms with van der Waals surface area (Å²) in [6.07, 6.45) is 5.74. The van der Waals surface area contributed by atoms with Crippen LogP contribution in [0.4, 0.5) is 0 Å². The molecule has 1 aromatic rings. The Hall–Kier alpha value is -1.44. The maximum Gasteiger partial charge on any atom is 0.149 e. The molecule has 0 bridgehead atoms. The van der Waals surface area contributed by atoms with Crippen LogP contribution in [0, 0.1) is 0 Å². The van der Waals surface area contributed by atoms with E-state index in [0.29, 0.717) is 5.76 Å². The number of rotatable bonds is 2. The van der Waals surface area contributed by atoms with Crippen molar-refractivity contribution < 1.29 is 5.11 Å². The molecule has 1 radical (unpaired) electrons. The first kappa shape index (κ1) is 10.1. The fourth-order valence-corrected chi connectivity index (χ4v) is 1.95. The molecule has 0 saturated heterocycles. The van der Waals surface area contributed by atoms with Crippen LogP contribution >= 0.6 is 0 Å². The highest BCUT2D eigenvalue weighted by molar-refractivity contribution is 6.53. The summed E-state index contributed by atoms with van der Waals surface area (Å²) in [5.41, 5.74) is 3.40. The summed E-state index contributed by atoms with van der Waals surface area (Å²) >= 11 is 0. The average molecular weight is 197 g/mol. The van der Waals surface area contributed by atoms with Crippen LogP contribution in [0.15, 0.2) is 42.2 Å². The molecule has 2 heteroatoms. The van der Waals surface area contributed by atoms with Gasteiger partial charge in [0, 0.05) is 5.57 Å². The second-order valence-electron chi connectivity index (χ2n) is 3.68. The van der Waals surface area contributed by atoms with Crippen molar-refractivity contribution in [1.82, 2.24) is 0 Å². The molecule has 1 aliphatic carbocycles. The number of hydrogen-bond donors (Lipinski definition) is 1. The number of benzene rings is 1. The monoisotopic (exact) mass is 197 g/mol. The van der Waals surface area contributed by atoms with E-state index < -0.39 is 0 Å². The Labute approximate surface area is 91.4 Å². The molecule has 15 heavy (non-hydrogen) atoms. The zero-order valence-electron chi connectivity index (χ0n) is 8.90. The lowest BCUT2D eigenvalue weighted by molar-refractivity contribution is 0.431. The SMILES string of the molecule is C[B]c1ccccc1C1=C(O)C=CCC1. The van der Waals surface area contributed by atoms with Gasteiger partial charge in [-0.15, -0.1) is 0 Å². The number of hydrogen-bond acceptors (Lipinski definition) is 1. The van der Waals surface area contributed by atoms with Crippen molar-refractivity contribution in [1.29, 1.82) is 0 Å². The van der Waals surface area contributed by atoms with E-state index >= 15 is 0 Å². The van der Waals surface area contributed by atoms with Gasteiger partial charge in [-0.05, 0) is 24.5 Å². The Morgan fingerprint density at radius 1 is 1.27 bits per heavy atom. The molecule has 0 atom stereocenters. The van der Waals surface area contributed by atoms with Crippen molar-refractivity contribution in [3.8, 4) is 0 Å². The van der Waals surface area contributed by atoms with Crippen LogP contribution in [0.1, 0.15) is 18.4 Å². The van der Waals surface area contributed by atoms with Gasteiger partial charge >= 0.3 is 0 Å². The van der Waals surface area contributed by atoms with Crippen molar-refractivity contribution in [2.75, 3.05) is 0 Å². The van der Waals surface area contributed by atoms with Gasteiger partial charge in [0.1, 0.15) is 13.0 Å². The molecule has 0 amide bonds. The van der Waals surface area contributed by atoms with Gasteiger partial charge in [0.15, 0.2) is 0 Å². The van der Waals surface area contributed by atoms with Gasteiger partial charge in [0.05, 0.1) is 0 Å². The lowest BCUT2D eigenvalue weighted by Crippen LogP contribution is -2.16. The molecule has 0 aliphatic heterocycles. The summed E-state index contributed by atoms with van der Waals surface area (Å²) < 4.78 is 0. The second-order valence-corrected chi connectivity index (χ2v) is 3.68. The van der Waals surface area contributed by atoms with E-state index in [1.807, 2.05) is 25.0 Å². The maximum atomic E-state index is 9.82. The third-order valence-electron chi connectivity index (χ3n) is 2.74. The standard InChI is InChI=1S/C13H14BO/c1-14-12-8-4-2-6-10(12)11-7-3-5-9-13(11)15/h2,4-6,8-9,15H,3,7H2,1H3. The molecule has 2 rings (SSSR count). The predicted octanol–water partition coefficient (Wildman–Crippen LogP) is 2.68. The first-order chi connectivity index (χ1) is 7.33.